The quantitative estimate of drug-likeness (QED) is 0.865. The average molecular weight is 309 g/mol. The number of piperazine rings is 1. The summed E-state index contributed by atoms with van der Waals surface area (Å²) < 4.78 is 0. The molecular formula is C17H25ClN2O. The molecule has 3 atom stereocenters. The van der Waals surface area contributed by atoms with Crippen LogP contribution in [0.4, 0.5) is 0 Å². The molecule has 1 fully saturated rings. The highest BCUT2D eigenvalue weighted by molar-refractivity contribution is 5.85. The van der Waals surface area contributed by atoms with Gasteiger partial charge in [0.1, 0.15) is 0 Å². The molecule has 3 unspecified atom stereocenters. The molecule has 1 saturated heterocycles. The number of fused-ring (bicyclic) bond motifs is 1. The second-order valence-electron chi connectivity index (χ2n) is 6.36. The predicted octanol–water partition coefficient (Wildman–Crippen LogP) is 2.74. The third kappa shape index (κ3) is 3.41. The van der Waals surface area contributed by atoms with Gasteiger partial charge >= 0.3 is 0 Å². The van der Waals surface area contributed by atoms with Gasteiger partial charge in [-0.1, -0.05) is 24.3 Å². The van der Waals surface area contributed by atoms with Crippen molar-refractivity contribution in [1.82, 2.24) is 10.2 Å². The number of benzene rings is 1. The lowest BCUT2D eigenvalue weighted by atomic mass is 9.82. The van der Waals surface area contributed by atoms with Gasteiger partial charge in [0.05, 0.1) is 5.92 Å². The number of carbonyl (C=O) groups excluding carboxylic acids is 1. The van der Waals surface area contributed by atoms with Crippen molar-refractivity contribution in [1.29, 1.82) is 0 Å². The van der Waals surface area contributed by atoms with Gasteiger partial charge in [-0.2, -0.15) is 0 Å². The van der Waals surface area contributed by atoms with E-state index in [0.717, 1.165) is 32.4 Å². The topological polar surface area (TPSA) is 32.3 Å². The van der Waals surface area contributed by atoms with E-state index < -0.39 is 0 Å². The number of halogens is 1. The summed E-state index contributed by atoms with van der Waals surface area (Å²) in [4.78, 5) is 15.0. The van der Waals surface area contributed by atoms with E-state index in [1.54, 1.807) is 0 Å². The smallest absolute Gasteiger partial charge is 0.230 e. The predicted molar refractivity (Wildman–Crippen MR) is 88.0 cm³/mol. The fourth-order valence-corrected chi connectivity index (χ4v) is 3.74. The molecule has 3 nitrogen and oxygen atoms in total. The minimum absolute atomic E-state index is 0. The Morgan fingerprint density at radius 2 is 1.86 bits per heavy atom. The van der Waals surface area contributed by atoms with Crippen LogP contribution >= 0.6 is 12.4 Å². The zero-order valence-corrected chi connectivity index (χ0v) is 13.7. The van der Waals surface area contributed by atoms with Crippen molar-refractivity contribution in [3.05, 3.63) is 35.4 Å². The normalized spacial score (nSPS) is 28.5. The molecule has 2 aliphatic rings. The Hall–Kier alpha value is -1.06. The second kappa shape index (κ2) is 6.80. The summed E-state index contributed by atoms with van der Waals surface area (Å²) in [6.45, 7) is 5.99. The Kier molecular flexibility index (Phi) is 5.28. The molecule has 0 spiro atoms. The third-order valence-electron chi connectivity index (χ3n) is 4.54. The van der Waals surface area contributed by atoms with Crippen LogP contribution in [0.3, 0.4) is 0 Å². The molecule has 3 rings (SSSR count). The molecule has 1 aromatic rings. The fourth-order valence-electron chi connectivity index (χ4n) is 3.74. The van der Waals surface area contributed by atoms with E-state index >= 15 is 0 Å². The first-order chi connectivity index (χ1) is 9.65. The Labute approximate surface area is 133 Å². The summed E-state index contributed by atoms with van der Waals surface area (Å²) in [5.74, 6) is 0.412. The molecule has 1 aromatic carbocycles. The van der Waals surface area contributed by atoms with Gasteiger partial charge in [0.2, 0.25) is 5.91 Å². The molecule has 4 heteroatoms. The van der Waals surface area contributed by atoms with Crippen LogP contribution in [0.5, 0.6) is 0 Å². The number of carbonyl (C=O) groups is 1. The van der Waals surface area contributed by atoms with E-state index in [0.29, 0.717) is 18.0 Å². The molecule has 1 aliphatic carbocycles. The first-order valence-electron chi connectivity index (χ1n) is 7.78. The number of hydrogen-bond acceptors (Lipinski definition) is 2. The molecule has 0 radical (unpaired) electrons. The monoisotopic (exact) mass is 308 g/mol. The van der Waals surface area contributed by atoms with Crippen LogP contribution in [0.25, 0.3) is 0 Å². The van der Waals surface area contributed by atoms with Crippen LogP contribution in [0, 0.1) is 0 Å². The van der Waals surface area contributed by atoms with E-state index in [1.165, 1.54) is 11.1 Å². The Balaban J connectivity index is 0.00000161. The molecule has 0 saturated carbocycles. The number of amides is 1. The van der Waals surface area contributed by atoms with Gasteiger partial charge in [0.25, 0.3) is 0 Å². The van der Waals surface area contributed by atoms with E-state index in [4.69, 9.17) is 0 Å². The van der Waals surface area contributed by atoms with Gasteiger partial charge in [-0.05, 0) is 44.2 Å². The number of hydrogen-bond donors (Lipinski definition) is 1. The van der Waals surface area contributed by atoms with Crippen molar-refractivity contribution in [2.45, 2.75) is 51.1 Å². The second-order valence-corrected chi connectivity index (χ2v) is 6.36. The number of nitrogens with one attached hydrogen (secondary N) is 1. The van der Waals surface area contributed by atoms with Gasteiger partial charge in [-0.25, -0.2) is 0 Å². The number of aryl methyl sites for hydroxylation is 1. The van der Waals surface area contributed by atoms with Gasteiger partial charge in [0, 0.05) is 25.2 Å². The van der Waals surface area contributed by atoms with Crippen molar-refractivity contribution in [2.24, 2.45) is 0 Å². The first kappa shape index (κ1) is 16.3. The molecule has 0 bridgehead atoms. The Morgan fingerprint density at radius 1 is 1.19 bits per heavy atom. The van der Waals surface area contributed by atoms with Gasteiger partial charge in [-0.3, -0.25) is 4.79 Å². The van der Waals surface area contributed by atoms with Crippen LogP contribution in [0.1, 0.15) is 43.7 Å². The standard InChI is InChI=1S/C17H24N2O.ClH/c1-12-10-19(11-13(2)18-12)17(20)16-9-5-7-14-6-3-4-8-15(14)16;/h3-4,6,8,12-13,16,18H,5,7,9-11H2,1-2H3;1H. The molecule has 0 aromatic heterocycles. The van der Waals surface area contributed by atoms with E-state index in [-0.39, 0.29) is 18.3 Å². The van der Waals surface area contributed by atoms with Crippen LogP contribution in [-0.2, 0) is 11.2 Å². The molecule has 1 amide bonds. The SMILES string of the molecule is CC1CN(C(=O)C2CCCc3ccccc32)CC(C)N1.Cl. The number of rotatable bonds is 1. The summed E-state index contributed by atoms with van der Waals surface area (Å²) >= 11 is 0. The first-order valence-corrected chi connectivity index (χ1v) is 7.78. The summed E-state index contributed by atoms with van der Waals surface area (Å²) in [5, 5.41) is 3.49. The molecular weight excluding hydrogens is 284 g/mol. The van der Waals surface area contributed by atoms with Crippen molar-refractivity contribution in [3.8, 4) is 0 Å². The van der Waals surface area contributed by atoms with Crippen molar-refractivity contribution in [2.75, 3.05) is 13.1 Å². The summed E-state index contributed by atoms with van der Waals surface area (Å²) in [6.07, 6.45) is 3.25. The van der Waals surface area contributed by atoms with Crippen LogP contribution in [-0.4, -0.2) is 36.0 Å². The van der Waals surface area contributed by atoms with E-state index in [1.807, 2.05) is 0 Å². The molecule has 21 heavy (non-hydrogen) atoms. The number of nitrogens with zero attached hydrogens (tertiary/aromatic N) is 1. The maximum absolute atomic E-state index is 12.9. The van der Waals surface area contributed by atoms with E-state index in [9.17, 15) is 4.79 Å². The molecule has 116 valence electrons. The van der Waals surface area contributed by atoms with Crippen LogP contribution in [0.2, 0.25) is 0 Å². The minimum Gasteiger partial charge on any atom is -0.339 e. The lowest BCUT2D eigenvalue weighted by Crippen LogP contribution is -2.56. The lowest BCUT2D eigenvalue weighted by Gasteiger charge is -2.39. The maximum atomic E-state index is 12.9. The zero-order chi connectivity index (χ0) is 14.1. The van der Waals surface area contributed by atoms with Crippen molar-refractivity contribution >= 4 is 18.3 Å². The van der Waals surface area contributed by atoms with Crippen LogP contribution in [0.15, 0.2) is 24.3 Å². The van der Waals surface area contributed by atoms with Gasteiger partial charge < -0.3 is 10.2 Å². The van der Waals surface area contributed by atoms with E-state index in [2.05, 4.69) is 48.3 Å². The molecule has 1 heterocycles. The largest absolute Gasteiger partial charge is 0.339 e. The lowest BCUT2D eigenvalue weighted by molar-refractivity contribution is -0.135. The highest BCUT2D eigenvalue weighted by Gasteiger charge is 2.32. The van der Waals surface area contributed by atoms with Gasteiger partial charge in [0.15, 0.2) is 0 Å². The minimum atomic E-state index is 0. The zero-order valence-electron chi connectivity index (χ0n) is 12.8. The fraction of sp³-hybridized carbons (Fsp3) is 0.588. The Morgan fingerprint density at radius 3 is 2.57 bits per heavy atom. The van der Waals surface area contributed by atoms with Crippen LogP contribution < -0.4 is 5.32 Å². The average Bonchev–Trinajstić information content (AvgIpc) is 2.45. The highest BCUT2D eigenvalue weighted by atomic mass is 35.5. The van der Waals surface area contributed by atoms with Crippen molar-refractivity contribution < 1.29 is 4.79 Å². The van der Waals surface area contributed by atoms with Gasteiger partial charge in [-0.15, -0.1) is 12.4 Å². The maximum Gasteiger partial charge on any atom is 0.230 e. The van der Waals surface area contributed by atoms with Crippen molar-refractivity contribution in [3.63, 3.8) is 0 Å². The molecule has 1 aliphatic heterocycles. The summed E-state index contributed by atoms with van der Waals surface area (Å²) in [7, 11) is 0. The third-order valence-corrected chi connectivity index (χ3v) is 4.54. The Bertz CT molecular complexity index is 495. The summed E-state index contributed by atoms with van der Waals surface area (Å²) in [6, 6.07) is 9.25. The summed E-state index contributed by atoms with van der Waals surface area (Å²) in [5.41, 5.74) is 2.64. The highest BCUT2D eigenvalue weighted by Crippen LogP contribution is 2.33. The molecule has 1 N–H and O–H groups in total.